The number of carbonyl (C=O) groups is 1. The van der Waals surface area contributed by atoms with Gasteiger partial charge in [0.15, 0.2) is 5.13 Å². The summed E-state index contributed by atoms with van der Waals surface area (Å²) in [5.41, 5.74) is 1.29. The maximum absolute atomic E-state index is 11.7. The summed E-state index contributed by atoms with van der Waals surface area (Å²) in [7, 11) is 1.58. The summed E-state index contributed by atoms with van der Waals surface area (Å²) < 4.78 is 7.01. The van der Waals surface area contributed by atoms with Crippen molar-refractivity contribution in [2.24, 2.45) is 5.92 Å². The van der Waals surface area contributed by atoms with Crippen molar-refractivity contribution in [3.8, 4) is 11.5 Å². The quantitative estimate of drug-likeness (QED) is 0.646. The van der Waals surface area contributed by atoms with Crippen LogP contribution in [0.15, 0.2) is 36.5 Å². The third-order valence-electron chi connectivity index (χ3n) is 5.21. The monoisotopic (exact) mass is 396 g/mol. The minimum Gasteiger partial charge on any atom is -0.457 e. The van der Waals surface area contributed by atoms with E-state index in [9.17, 15) is 4.79 Å². The van der Waals surface area contributed by atoms with Crippen molar-refractivity contribution in [3.05, 3.63) is 42.2 Å². The molecule has 2 N–H and O–H groups in total. The highest BCUT2D eigenvalue weighted by Crippen LogP contribution is 2.33. The van der Waals surface area contributed by atoms with Crippen LogP contribution in [0, 0.1) is 5.92 Å². The zero-order valence-corrected chi connectivity index (χ0v) is 16.9. The van der Waals surface area contributed by atoms with Gasteiger partial charge in [0, 0.05) is 31.4 Å². The van der Waals surface area contributed by atoms with Crippen LogP contribution in [0.3, 0.4) is 0 Å². The van der Waals surface area contributed by atoms with Gasteiger partial charge >= 0.3 is 0 Å². The summed E-state index contributed by atoms with van der Waals surface area (Å²) in [6, 6.07) is 9.73. The summed E-state index contributed by atoms with van der Waals surface area (Å²) >= 11 is 1.65. The zero-order chi connectivity index (χ0) is 19.5. The number of nitrogens with zero attached hydrogens (tertiary/aromatic N) is 2. The lowest BCUT2D eigenvalue weighted by molar-refractivity contribution is 0.0958. The third kappa shape index (κ3) is 4.09. The second-order valence-corrected chi connectivity index (χ2v) is 8.25. The van der Waals surface area contributed by atoms with Gasteiger partial charge in [-0.1, -0.05) is 31.1 Å². The molecule has 146 valence electrons. The number of rotatable bonds is 5. The van der Waals surface area contributed by atoms with Crippen LogP contribution in [0.4, 0.5) is 5.13 Å². The van der Waals surface area contributed by atoms with Crippen LogP contribution in [0.25, 0.3) is 10.2 Å². The smallest absolute Gasteiger partial charge is 0.269 e. The van der Waals surface area contributed by atoms with Gasteiger partial charge in [0.1, 0.15) is 17.2 Å². The number of thiazole rings is 1. The van der Waals surface area contributed by atoms with Gasteiger partial charge < -0.3 is 15.4 Å². The van der Waals surface area contributed by atoms with Gasteiger partial charge in [-0.15, -0.1) is 0 Å². The van der Waals surface area contributed by atoms with Gasteiger partial charge in [-0.2, -0.15) is 0 Å². The molecule has 0 bridgehead atoms. The van der Waals surface area contributed by atoms with Gasteiger partial charge in [0.2, 0.25) is 0 Å². The highest BCUT2D eigenvalue weighted by atomic mass is 32.1. The number of aromatic nitrogens is 2. The molecule has 1 amide bonds. The van der Waals surface area contributed by atoms with Gasteiger partial charge in [0.05, 0.1) is 10.2 Å². The molecule has 0 saturated heterocycles. The first-order valence-corrected chi connectivity index (χ1v) is 10.5. The van der Waals surface area contributed by atoms with E-state index in [4.69, 9.17) is 9.72 Å². The molecule has 1 aliphatic rings. The van der Waals surface area contributed by atoms with Crippen molar-refractivity contribution in [3.63, 3.8) is 0 Å². The van der Waals surface area contributed by atoms with Gasteiger partial charge in [-0.3, -0.25) is 9.78 Å². The normalized spacial score (nSPS) is 19.4. The molecular weight excluding hydrogens is 372 g/mol. The van der Waals surface area contributed by atoms with Crippen LogP contribution in [-0.4, -0.2) is 29.0 Å². The molecule has 1 fully saturated rings. The number of hydrogen-bond acceptors (Lipinski definition) is 6. The number of fused-ring (bicyclic) bond motifs is 1. The Morgan fingerprint density at radius 1 is 1.18 bits per heavy atom. The number of nitrogens with one attached hydrogen (secondary N) is 2. The molecule has 6 nitrogen and oxygen atoms in total. The Balaban J connectivity index is 1.51. The molecule has 2 aromatic heterocycles. The van der Waals surface area contributed by atoms with E-state index in [1.807, 2.05) is 18.2 Å². The second kappa shape index (κ2) is 8.14. The van der Waals surface area contributed by atoms with Crippen molar-refractivity contribution >= 4 is 32.6 Å². The molecule has 2 heterocycles. The van der Waals surface area contributed by atoms with Crippen LogP contribution in [0.2, 0.25) is 0 Å². The Kier molecular flexibility index (Phi) is 5.43. The number of hydrogen-bond donors (Lipinski definition) is 2. The summed E-state index contributed by atoms with van der Waals surface area (Å²) in [6.45, 7) is 2.32. The summed E-state index contributed by atoms with van der Waals surface area (Å²) in [5, 5.41) is 7.16. The lowest BCUT2D eigenvalue weighted by Gasteiger charge is -2.29. The van der Waals surface area contributed by atoms with E-state index in [2.05, 4.69) is 22.5 Å². The van der Waals surface area contributed by atoms with Crippen molar-refractivity contribution in [1.29, 1.82) is 0 Å². The van der Waals surface area contributed by atoms with Crippen molar-refractivity contribution < 1.29 is 9.53 Å². The van der Waals surface area contributed by atoms with Crippen LogP contribution >= 0.6 is 11.3 Å². The number of pyridine rings is 1. The van der Waals surface area contributed by atoms with E-state index in [1.165, 1.54) is 25.7 Å². The molecule has 0 spiro atoms. The average Bonchev–Trinajstić information content (AvgIpc) is 3.11. The van der Waals surface area contributed by atoms with Crippen molar-refractivity contribution in [2.75, 3.05) is 12.4 Å². The van der Waals surface area contributed by atoms with E-state index in [0.717, 1.165) is 15.3 Å². The molecule has 0 radical (unpaired) electrons. The SMILES string of the molecule is CNC(=O)c1cc(Oc2ccc3nc(NC4CCCCC4C)sc3c2)ccn1. The first-order valence-electron chi connectivity index (χ1n) is 9.65. The predicted octanol–water partition coefficient (Wildman–Crippen LogP) is 4.83. The molecule has 1 saturated carbocycles. The fourth-order valence-electron chi connectivity index (χ4n) is 3.58. The third-order valence-corrected chi connectivity index (χ3v) is 6.16. The Morgan fingerprint density at radius 2 is 2.00 bits per heavy atom. The van der Waals surface area contributed by atoms with Crippen LogP contribution in [0.1, 0.15) is 43.1 Å². The average molecular weight is 397 g/mol. The number of anilines is 1. The van der Waals surface area contributed by atoms with Crippen molar-refractivity contribution in [2.45, 2.75) is 38.6 Å². The molecule has 2 atom stereocenters. The molecule has 3 aromatic rings. The van der Waals surface area contributed by atoms with Gasteiger partial charge in [-0.25, -0.2) is 4.98 Å². The Hall–Kier alpha value is -2.67. The first kappa shape index (κ1) is 18.7. The first-order chi connectivity index (χ1) is 13.6. The van der Waals surface area contributed by atoms with E-state index in [1.54, 1.807) is 36.7 Å². The molecular formula is C21H24N4O2S. The molecule has 28 heavy (non-hydrogen) atoms. The minimum absolute atomic E-state index is 0.240. The molecule has 1 aromatic carbocycles. The molecule has 2 unspecified atom stereocenters. The van der Waals surface area contributed by atoms with E-state index >= 15 is 0 Å². The highest BCUT2D eigenvalue weighted by molar-refractivity contribution is 7.22. The largest absolute Gasteiger partial charge is 0.457 e. The van der Waals surface area contributed by atoms with Gasteiger partial charge in [-0.05, 0) is 37.0 Å². The van der Waals surface area contributed by atoms with E-state index < -0.39 is 0 Å². The summed E-state index contributed by atoms with van der Waals surface area (Å²) in [4.78, 5) is 20.5. The lowest BCUT2D eigenvalue weighted by Crippen LogP contribution is -2.30. The van der Waals surface area contributed by atoms with E-state index in [0.29, 0.717) is 29.2 Å². The second-order valence-electron chi connectivity index (χ2n) is 7.22. The van der Waals surface area contributed by atoms with Crippen LogP contribution < -0.4 is 15.4 Å². The number of amides is 1. The topological polar surface area (TPSA) is 76.1 Å². The van der Waals surface area contributed by atoms with Crippen LogP contribution in [-0.2, 0) is 0 Å². The Bertz CT molecular complexity index is 987. The summed E-state index contributed by atoms with van der Waals surface area (Å²) in [6.07, 6.45) is 6.68. The highest BCUT2D eigenvalue weighted by Gasteiger charge is 2.22. The van der Waals surface area contributed by atoms with E-state index in [-0.39, 0.29) is 5.91 Å². The maximum atomic E-state index is 11.7. The summed E-state index contributed by atoms with van der Waals surface area (Å²) in [5.74, 6) is 1.73. The maximum Gasteiger partial charge on any atom is 0.269 e. The fraction of sp³-hybridized carbons (Fsp3) is 0.381. The molecule has 4 rings (SSSR count). The standard InChI is InChI=1S/C21H24N4O2S/c1-13-5-3-4-6-16(13)24-21-25-17-8-7-14(12-19(17)28-21)27-15-9-10-23-18(11-15)20(26)22-2/h7-13,16H,3-6H2,1-2H3,(H,22,26)(H,24,25). The van der Waals surface area contributed by atoms with Crippen LogP contribution in [0.5, 0.6) is 11.5 Å². The minimum atomic E-state index is -0.240. The predicted molar refractivity (Wildman–Crippen MR) is 112 cm³/mol. The molecule has 1 aliphatic carbocycles. The van der Waals surface area contributed by atoms with Gasteiger partial charge in [0.25, 0.3) is 5.91 Å². The lowest BCUT2D eigenvalue weighted by atomic mass is 9.86. The Labute approximate surface area is 168 Å². The van der Waals surface area contributed by atoms with Crippen molar-refractivity contribution in [1.82, 2.24) is 15.3 Å². The Morgan fingerprint density at radius 3 is 2.82 bits per heavy atom. The number of carbonyl (C=O) groups excluding carboxylic acids is 1. The molecule has 7 heteroatoms. The number of ether oxygens (including phenoxy) is 1. The fourth-order valence-corrected chi connectivity index (χ4v) is 4.54. The molecule has 0 aliphatic heterocycles. The number of benzene rings is 1. The zero-order valence-electron chi connectivity index (χ0n) is 16.1.